The van der Waals surface area contributed by atoms with E-state index in [-0.39, 0.29) is 11.8 Å². The molecule has 0 radical (unpaired) electrons. The summed E-state index contributed by atoms with van der Waals surface area (Å²) >= 11 is 0. The van der Waals surface area contributed by atoms with Gasteiger partial charge >= 0.3 is 0 Å². The quantitative estimate of drug-likeness (QED) is 0.442. The summed E-state index contributed by atoms with van der Waals surface area (Å²) in [5, 5.41) is 3.10. The zero-order valence-electron chi connectivity index (χ0n) is 26.4. The van der Waals surface area contributed by atoms with Crippen LogP contribution in [0.2, 0.25) is 0 Å². The number of hydrogen-bond acceptors (Lipinski definition) is 4. The molecule has 0 aromatic heterocycles. The molecule has 2 aromatic rings. The van der Waals surface area contributed by atoms with Crippen molar-refractivity contribution in [2.75, 3.05) is 40.3 Å². The van der Waals surface area contributed by atoms with E-state index in [4.69, 9.17) is 0 Å². The van der Waals surface area contributed by atoms with E-state index in [1.165, 1.54) is 16.7 Å². The molecule has 40 heavy (non-hydrogen) atoms. The lowest BCUT2D eigenvalue weighted by molar-refractivity contribution is -0.162. The standard InChI is InChI=1S/C30H42N4O2.2C2H6/c1-23(2)20-27-28(35)34(19-18-32(3)4)30(29(36)31-27)14-16-33(17-15-30)22-26-12-10-25(11-13-26)21-24-8-6-5-7-9-24;2*1-2/h5-13,23,27H,14-22H2,1-4H3,(H,31,36);2*1-2H3. The van der Waals surface area contributed by atoms with Gasteiger partial charge in [0.1, 0.15) is 11.6 Å². The number of rotatable bonds is 9. The van der Waals surface area contributed by atoms with Crippen LogP contribution in [0.5, 0.6) is 0 Å². The Morgan fingerprint density at radius 1 is 0.875 bits per heavy atom. The minimum atomic E-state index is -0.726. The zero-order valence-corrected chi connectivity index (χ0v) is 26.4. The Balaban J connectivity index is 0.00000134. The number of nitrogens with one attached hydrogen (secondary N) is 1. The van der Waals surface area contributed by atoms with Crippen LogP contribution in [0.4, 0.5) is 0 Å². The summed E-state index contributed by atoms with van der Waals surface area (Å²) < 4.78 is 0. The van der Waals surface area contributed by atoms with Gasteiger partial charge in [-0.3, -0.25) is 14.5 Å². The van der Waals surface area contributed by atoms with E-state index in [1.807, 2.05) is 52.8 Å². The second-order valence-corrected chi connectivity index (χ2v) is 11.2. The highest BCUT2D eigenvalue weighted by atomic mass is 16.2. The van der Waals surface area contributed by atoms with Crippen molar-refractivity contribution in [2.45, 2.75) is 85.4 Å². The Morgan fingerprint density at radius 2 is 1.43 bits per heavy atom. The van der Waals surface area contributed by atoms with Crippen LogP contribution in [0.15, 0.2) is 54.6 Å². The van der Waals surface area contributed by atoms with Gasteiger partial charge in [0.25, 0.3) is 0 Å². The van der Waals surface area contributed by atoms with Crippen LogP contribution < -0.4 is 5.32 Å². The SMILES string of the molecule is CC.CC.CC(C)CC1NC(=O)C2(CCN(Cc3ccc(Cc4ccccc4)cc3)CC2)N(CCN(C)C)C1=O. The van der Waals surface area contributed by atoms with E-state index in [1.54, 1.807) is 0 Å². The highest BCUT2D eigenvalue weighted by Gasteiger charge is 2.53. The third kappa shape index (κ3) is 8.90. The second-order valence-electron chi connectivity index (χ2n) is 11.2. The fraction of sp³-hybridized carbons (Fsp3) is 0.588. The minimum Gasteiger partial charge on any atom is -0.342 e. The zero-order chi connectivity index (χ0) is 29.7. The van der Waals surface area contributed by atoms with E-state index >= 15 is 0 Å². The van der Waals surface area contributed by atoms with Crippen LogP contribution in [0.1, 0.15) is 77.5 Å². The number of carbonyl (C=O) groups excluding carboxylic acids is 2. The number of likely N-dealkylation sites (N-methyl/N-ethyl adjacent to an activating group) is 1. The predicted molar refractivity (Wildman–Crippen MR) is 167 cm³/mol. The molecule has 6 nitrogen and oxygen atoms in total. The van der Waals surface area contributed by atoms with Gasteiger partial charge < -0.3 is 15.1 Å². The Morgan fingerprint density at radius 3 is 1.98 bits per heavy atom. The summed E-state index contributed by atoms with van der Waals surface area (Å²) in [4.78, 5) is 33.4. The largest absolute Gasteiger partial charge is 0.342 e. The molecule has 222 valence electrons. The smallest absolute Gasteiger partial charge is 0.246 e. The number of amides is 2. The third-order valence-corrected chi connectivity index (χ3v) is 7.65. The topological polar surface area (TPSA) is 55.9 Å². The summed E-state index contributed by atoms with van der Waals surface area (Å²) in [7, 11) is 4.03. The lowest BCUT2D eigenvalue weighted by Gasteiger charge is -2.52. The highest BCUT2D eigenvalue weighted by Crippen LogP contribution is 2.34. The number of carbonyl (C=O) groups is 2. The normalized spacial score (nSPS) is 18.6. The van der Waals surface area contributed by atoms with E-state index in [9.17, 15) is 9.59 Å². The van der Waals surface area contributed by atoms with Crippen molar-refractivity contribution in [3.63, 3.8) is 0 Å². The van der Waals surface area contributed by atoms with Gasteiger partial charge in [-0.15, -0.1) is 0 Å². The number of piperazine rings is 1. The molecule has 1 spiro atoms. The maximum Gasteiger partial charge on any atom is 0.246 e. The van der Waals surface area contributed by atoms with Gasteiger partial charge in [0, 0.05) is 32.7 Å². The van der Waals surface area contributed by atoms with Crippen molar-refractivity contribution >= 4 is 11.8 Å². The van der Waals surface area contributed by atoms with Crippen LogP contribution in [0.25, 0.3) is 0 Å². The summed E-state index contributed by atoms with van der Waals surface area (Å²) in [6.45, 7) is 16.0. The van der Waals surface area contributed by atoms with Gasteiger partial charge in [-0.25, -0.2) is 0 Å². The van der Waals surface area contributed by atoms with Crippen molar-refractivity contribution in [1.29, 1.82) is 0 Å². The fourth-order valence-electron chi connectivity index (χ4n) is 5.56. The predicted octanol–water partition coefficient (Wildman–Crippen LogP) is 5.60. The molecule has 1 N–H and O–H groups in total. The summed E-state index contributed by atoms with van der Waals surface area (Å²) in [6.07, 6.45) is 2.99. The third-order valence-electron chi connectivity index (χ3n) is 7.65. The fourth-order valence-corrected chi connectivity index (χ4v) is 5.56. The van der Waals surface area contributed by atoms with Gasteiger partial charge in [0.05, 0.1) is 0 Å². The molecule has 4 rings (SSSR count). The molecule has 0 aliphatic carbocycles. The molecule has 2 aliphatic rings. The molecule has 1 atom stereocenters. The molecular formula is C34H54N4O2. The van der Waals surface area contributed by atoms with Gasteiger partial charge in [-0.1, -0.05) is 96.1 Å². The van der Waals surface area contributed by atoms with Crippen molar-refractivity contribution in [1.82, 2.24) is 20.0 Å². The van der Waals surface area contributed by atoms with E-state index in [2.05, 4.69) is 77.5 Å². The number of piperidine rings is 1. The van der Waals surface area contributed by atoms with Gasteiger partial charge in [0.2, 0.25) is 11.8 Å². The molecule has 2 saturated heterocycles. The van der Waals surface area contributed by atoms with E-state index in [0.717, 1.165) is 32.6 Å². The Hall–Kier alpha value is -2.70. The number of likely N-dealkylation sites (tertiary alicyclic amines) is 1. The first-order chi connectivity index (χ1) is 19.3. The molecular weight excluding hydrogens is 496 g/mol. The molecule has 2 aromatic carbocycles. The molecule has 2 fully saturated rings. The van der Waals surface area contributed by atoms with Crippen LogP contribution in [0.3, 0.4) is 0 Å². The van der Waals surface area contributed by atoms with Crippen LogP contribution >= 0.6 is 0 Å². The number of hydrogen-bond donors (Lipinski definition) is 1. The van der Waals surface area contributed by atoms with Crippen molar-refractivity contribution in [3.8, 4) is 0 Å². The van der Waals surface area contributed by atoms with Crippen LogP contribution in [0, 0.1) is 5.92 Å². The van der Waals surface area contributed by atoms with E-state index < -0.39 is 11.6 Å². The van der Waals surface area contributed by atoms with Crippen LogP contribution in [-0.4, -0.2) is 78.4 Å². The maximum absolute atomic E-state index is 13.5. The molecule has 0 saturated carbocycles. The first-order valence-electron chi connectivity index (χ1n) is 15.4. The van der Waals surface area contributed by atoms with Crippen molar-refractivity contribution in [2.24, 2.45) is 5.92 Å². The molecule has 6 heteroatoms. The molecule has 2 amide bonds. The molecule has 2 aliphatic heterocycles. The molecule has 0 bridgehead atoms. The summed E-state index contributed by atoms with van der Waals surface area (Å²) in [5.74, 6) is 0.481. The van der Waals surface area contributed by atoms with Gasteiger partial charge in [0.15, 0.2) is 0 Å². The Kier molecular flexibility index (Phi) is 13.9. The van der Waals surface area contributed by atoms with Crippen molar-refractivity contribution < 1.29 is 9.59 Å². The average Bonchev–Trinajstić information content (AvgIpc) is 2.96. The monoisotopic (exact) mass is 550 g/mol. The lowest BCUT2D eigenvalue weighted by atomic mass is 9.81. The number of benzene rings is 2. The molecule has 1 unspecified atom stereocenters. The average molecular weight is 551 g/mol. The lowest BCUT2D eigenvalue weighted by Crippen LogP contribution is -2.73. The highest BCUT2D eigenvalue weighted by molar-refractivity contribution is 6.00. The summed E-state index contributed by atoms with van der Waals surface area (Å²) in [5.41, 5.74) is 3.19. The summed E-state index contributed by atoms with van der Waals surface area (Å²) in [6, 6.07) is 19.0. The van der Waals surface area contributed by atoms with Crippen LogP contribution in [-0.2, 0) is 22.6 Å². The first kappa shape index (κ1) is 33.5. The minimum absolute atomic E-state index is 0.0384. The van der Waals surface area contributed by atoms with Gasteiger partial charge in [-0.05, 0) is 62.4 Å². The molecule has 2 heterocycles. The van der Waals surface area contributed by atoms with Gasteiger partial charge in [-0.2, -0.15) is 0 Å². The van der Waals surface area contributed by atoms with E-state index in [0.29, 0.717) is 31.7 Å². The Bertz CT molecular complexity index is 1010. The second kappa shape index (κ2) is 16.5. The van der Waals surface area contributed by atoms with Crippen molar-refractivity contribution in [3.05, 3.63) is 71.3 Å². The Labute approximate surface area is 244 Å². The maximum atomic E-state index is 13.5. The number of nitrogens with zero attached hydrogens (tertiary/aromatic N) is 3. The first-order valence-corrected chi connectivity index (χ1v) is 15.4.